The molecule has 0 amide bonds. The number of carbonyl (C=O) groups is 2. The molecule has 0 atom stereocenters. The fraction of sp³-hybridized carbons (Fsp3) is 0.143. The minimum atomic E-state index is -0.756. The molecule has 0 heterocycles. The van der Waals surface area contributed by atoms with Crippen LogP contribution in [-0.2, 0) is 14.3 Å². The van der Waals surface area contributed by atoms with Crippen molar-refractivity contribution in [1.29, 1.82) is 0 Å². The third kappa shape index (κ3) is 6.04. The Morgan fingerprint density at radius 1 is 1.45 bits per heavy atom. The minimum absolute atomic E-state index is 0. The zero-order chi connectivity index (χ0) is 8.15. The molecule has 0 saturated carbocycles. The van der Waals surface area contributed by atoms with Crippen LogP contribution in [0, 0.1) is 0 Å². The number of hydrogen-bond donors (Lipinski definition) is 0. The SMILES string of the molecule is C=CC(=O)OC(=O)C(=C)C.[NaH]. The first-order valence-corrected chi connectivity index (χ1v) is 2.62. The Balaban J connectivity index is 0. The monoisotopic (exact) mass is 164 g/mol. The summed E-state index contributed by atoms with van der Waals surface area (Å²) in [5.74, 6) is -1.47. The van der Waals surface area contributed by atoms with Crippen molar-refractivity contribution in [3.8, 4) is 0 Å². The van der Waals surface area contributed by atoms with Crippen LogP contribution < -0.4 is 0 Å². The van der Waals surface area contributed by atoms with Gasteiger partial charge in [0.25, 0.3) is 0 Å². The molecular weight excluding hydrogens is 155 g/mol. The van der Waals surface area contributed by atoms with Crippen molar-refractivity contribution < 1.29 is 14.3 Å². The van der Waals surface area contributed by atoms with Crippen LogP contribution in [0.2, 0.25) is 0 Å². The summed E-state index contributed by atoms with van der Waals surface area (Å²) in [6.07, 6.45) is 0.918. The summed E-state index contributed by atoms with van der Waals surface area (Å²) in [6, 6.07) is 0. The van der Waals surface area contributed by atoms with Crippen molar-refractivity contribution >= 4 is 41.5 Å². The van der Waals surface area contributed by atoms with E-state index in [1.165, 1.54) is 6.92 Å². The quantitative estimate of drug-likeness (QED) is 0.253. The third-order valence-electron chi connectivity index (χ3n) is 0.708. The maximum atomic E-state index is 10.5. The summed E-state index contributed by atoms with van der Waals surface area (Å²) in [6.45, 7) is 7.85. The molecule has 0 aliphatic rings. The van der Waals surface area contributed by atoms with Gasteiger partial charge in [-0.25, -0.2) is 9.59 Å². The van der Waals surface area contributed by atoms with Gasteiger partial charge in [-0.15, -0.1) is 0 Å². The molecule has 0 fully saturated rings. The molecule has 0 saturated heterocycles. The van der Waals surface area contributed by atoms with Crippen molar-refractivity contribution in [2.75, 3.05) is 0 Å². The van der Waals surface area contributed by atoms with E-state index in [0.717, 1.165) is 6.08 Å². The van der Waals surface area contributed by atoms with E-state index in [4.69, 9.17) is 0 Å². The van der Waals surface area contributed by atoms with Crippen LogP contribution in [0.1, 0.15) is 6.92 Å². The predicted molar refractivity (Wildman–Crippen MR) is 43.3 cm³/mol. The molecule has 0 bridgehead atoms. The van der Waals surface area contributed by atoms with Gasteiger partial charge in [-0.1, -0.05) is 13.2 Å². The van der Waals surface area contributed by atoms with Crippen LogP contribution in [0.5, 0.6) is 0 Å². The molecule has 0 radical (unpaired) electrons. The average Bonchev–Trinajstić information content (AvgIpc) is 1.87. The van der Waals surface area contributed by atoms with Gasteiger partial charge in [-0.05, 0) is 6.92 Å². The summed E-state index contributed by atoms with van der Waals surface area (Å²) in [5.41, 5.74) is 0.190. The fourth-order valence-electron chi connectivity index (χ4n) is 0.220. The number of esters is 2. The Morgan fingerprint density at radius 2 is 1.91 bits per heavy atom. The Hall–Kier alpha value is -0.380. The second-order valence-corrected chi connectivity index (χ2v) is 1.69. The Kier molecular flexibility index (Phi) is 7.62. The molecule has 0 aromatic carbocycles. The molecule has 0 aliphatic heterocycles. The number of ether oxygens (including phenoxy) is 1. The Bertz CT molecular complexity index is 196. The molecule has 0 unspecified atom stereocenters. The molecule has 3 nitrogen and oxygen atoms in total. The first-order valence-electron chi connectivity index (χ1n) is 2.62. The predicted octanol–water partition coefficient (Wildman–Crippen LogP) is 0.170. The van der Waals surface area contributed by atoms with E-state index < -0.39 is 11.9 Å². The van der Waals surface area contributed by atoms with Gasteiger partial charge >= 0.3 is 41.5 Å². The van der Waals surface area contributed by atoms with E-state index in [1.807, 2.05) is 0 Å². The van der Waals surface area contributed by atoms with Crippen molar-refractivity contribution in [3.63, 3.8) is 0 Å². The zero-order valence-electron chi connectivity index (χ0n) is 5.72. The van der Waals surface area contributed by atoms with Gasteiger partial charge in [0.05, 0.1) is 0 Å². The van der Waals surface area contributed by atoms with Crippen LogP contribution in [0.25, 0.3) is 0 Å². The molecule has 0 spiro atoms. The molecule has 0 aromatic rings. The third-order valence-corrected chi connectivity index (χ3v) is 0.708. The van der Waals surface area contributed by atoms with Crippen molar-refractivity contribution in [1.82, 2.24) is 0 Å². The van der Waals surface area contributed by atoms with Gasteiger partial charge in [0, 0.05) is 11.6 Å². The normalized spacial score (nSPS) is 7.36. The van der Waals surface area contributed by atoms with Crippen LogP contribution >= 0.6 is 0 Å². The Labute approximate surface area is 87.4 Å². The van der Waals surface area contributed by atoms with E-state index in [0.29, 0.717) is 0 Å². The molecule has 0 aromatic heterocycles. The molecule has 56 valence electrons. The summed E-state index contributed by atoms with van der Waals surface area (Å²) in [4.78, 5) is 20.8. The van der Waals surface area contributed by atoms with Crippen molar-refractivity contribution in [2.45, 2.75) is 6.92 Å². The van der Waals surface area contributed by atoms with E-state index in [1.54, 1.807) is 0 Å². The van der Waals surface area contributed by atoms with E-state index in [-0.39, 0.29) is 35.1 Å². The number of rotatable bonds is 2. The number of carbonyl (C=O) groups excluding carboxylic acids is 2. The first-order chi connectivity index (χ1) is 4.57. The number of hydrogen-bond acceptors (Lipinski definition) is 3. The molecular formula is C7H9NaO3. The molecule has 0 N–H and O–H groups in total. The van der Waals surface area contributed by atoms with Crippen LogP contribution in [-0.4, -0.2) is 41.5 Å². The van der Waals surface area contributed by atoms with Gasteiger partial charge < -0.3 is 4.74 Å². The first kappa shape index (κ1) is 13.2. The summed E-state index contributed by atoms with van der Waals surface area (Å²) in [5, 5.41) is 0. The second kappa shape index (κ2) is 6.34. The van der Waals surface area contributed by atoms with Gasteiger partial charge in [-0.3, -0.25) is 0 Å². The van der Waals surface area contributed by atoms with Gasteiger partial charge in [0.15, 0.2) is 0 Å². The standard InChI is InChI=1S/C7H8O3.Na.H/c1-4-6(8)10-7(9)5(2)3;;/h4H,1-2H2,3H3;;. The van der Waals surface area contributed by atoms with E-state index in [2.05, 4.69) is 17.9 Å². The molecule has 0 rings (SSSR count). The maximum absolute atomic E-state index is 10.5. The molecule has 4 heteroatoms. The van der Waals surface area contributed by atoms with Crippen molar-refractivity contribution in [2.24, 2.45) is 0 Å². The summed E-state index contributed by atoms with van der Waals surface area (Å²) >= 11 is 0. The molecule has 0 aliphatic carbocycles. The van der Waals surface area contributed by atoms with Crippen LogP contribution in [0.15, 0.2) is 24.8 Å². The fourth-order valence-corrected chi connectivity index (χ4v) is 0.220. The van der Waals surface area contributed by atoms with Crippen molar-refractivity contribution in [3.05, 3.63) is 24.8 Å². The topological polar surface area (TPSA) is 43.4 Å². The molecule has 11 heavy (non-hydrogen) atoms. The van der Waals surface area contributed by atoms with E-state index in [9.17, 15) is 9.59 Å². The van der Waals surface area contributed by atoms with Crippen LogP contribution in [0.4, 0.5) is 0 Å². The summed E-state index contributed by atoms with van der Waals surface area (Å²) < 4.78 is 4.17. The second-order valence-electron chi connectivity index (χ2n) is 1.69. The van der Waals surface area contributed by atoms with Gasteiger partial charge in [0.2, 0.25) is 0 Å². The summed E-state index contributed by atoms with van der Waals surface area (Å²) in [7, 11) is 0. The van der Waals surface area contributed by atoms with Gasteiger partial charge in [0.1, 0.15) is 0 Å². The van der Waals surface area contributed by atoms with Crippen LogP contribution in [0.3, 0.4) is 0 Å². The van der Waals surface area contributed by atoms with Gasteiger partial charge in [-0.2, -0.15) is 0 Å². The van der Waals surface area contributed by atoms with E-state index >= 15 is 0 Å². The zero-order valence-corrected chi connectivity index (χ0v) is 5.72. The average molecular weight is 164 g/mol. The Morgan fingerprint density at radius 3 is 2.18 bits per heavy atom.